The number of phenols is 1. The monoisotopic (exact) mass is 229 g/mol. The third-order valence-electron chi connectivity index (χ3n) is 1.45. The molecular weight excluding hydrogens is 222 g/mol. The molecule has 1 amide bonds. The van der Waals surface area contributed by atoms with Crippen molar-refractivity contribution in [1.29, 1.82) is 0 Å². The lowest BCUT2D eigenvalue weighted by atomic mass is 10.2. The second-order valence-corrected chi connectivity index (χ2v) is 3.07. The number of hydrogen-bond donors (Lipinski definition) is 2. The fraction of sp³-hybridized carbons (Fsp3) is 0.125. The van der Waals surface area contributed by atoms with Crippen LogP contribution in [-0.2, 0) is 0 Å². The van der Waals surface area contributed by atoms with E-state index in [0.717, 1.165) is 0 Å². The Morgan fingerprint density at radius 1 is 1.58 bits per heavy atom. The summed E-state index contributed by atoms with van der Waals surface area (Å²) in [5.74, 6) is -0.330. The number of hydrogen-bond acceptors (Lipinski definition) is 2. The summed E-state index contributed by atoms with van der Waals surface area (Å²) < 4.78 is 0.585. The van der Waals surface area contributed by atoms with Gasteiger partial charge in [0, 0.05) is 11.5 Å². The number of carbonyl (C=O) groups excluding carboxylic acids is 1. The van der Waals surface area contributed by atoms with E-state index in [1.54, 1.807) is 12.1 Å². The first-order chi connectivity index (χ1) is 5.66. The maximum absolute atomic E-state index is 11.2. The number of benzene rings is 1. The molecule has 0 radical (unpaired) electrons. The van der Waals surface area contributed by atoms with E-state index in [4.69, 9.17) is 0 Å². The van der Waals surface area contributed by atoms with Crippen LogP contribution in [0.2, 0.25) is 0 Å². The zero-order valence-electron chi connectivity index (χ0n) is 6.47. The van der Waals surface area contributed by atoms with Crippen LogP contribution in [0.15, 0.2) is 22.7 Å². The predicted molar refractivity (Wildman–Crippen MR) is 49.2 cm³/mol. The van der Waals surface area contributed by atoms with Gasteiger partial charge in [-0.2, -0.15) is 0 Å². The van der Waals surface area contributed by atoms with Crippen LogP contribution in [0.1, 0.15) is 10.4 Å². The fourth-order valence-electron chi connectivity index (χ4n) is 0.863. The Labute approximate surface area is 78.5 Å². The molecule has 0 aliphatic carbocycles. The normalized spacial score (nSPS) is 9.50. The Hall–Kier alpha value is -1.03. The maximum atomic E-state index is 11.2. The van der Waals surface area contributed by atoms with Crippen LogP contribution in [0.5, 0.6) is 5.75 Å². The quantitative estimate of drug-likeness (QED) is 0.768. The van der Waals surface area contributed by atoms with Crippen molar-refractivity contribution in [2.75, 3.05) is 7.05 Å². The summed E-state index contributed by atoms with van der Waals surface area (Å²) in [5, 5.41) is 11.7. The molecule has 2 N–H and O–H groups in total. The summed E-state index contributed by atoms with van der Waals surface area (Å²) >= 11 is 3.17. The Kier molecular flexibility index (Phi) is 2.70. The smallest absolute Gasteiger partial charge is 0.255 e. The van der Waals surface area contributed by atoms with Crippen LogP contribution in [0.4, 0.5) is 0 Å². The lowest BCUT2D eigenvalue weighted by molar-refractivity contribution is 0.0959. The number of amides is 1. The van der Waals surface area contributed by atoms with Crippen molar-refractivity contribution in [3.8, 4) is 5.75 Å². The molecule has 0 heterocycles. The molecule has 1 aromatic carbocycles. The van der Waals surface area contributed by atoms with Crippen molar-refractivity contribution < 1.29 is 9.90 Å². The van der Waals surface area contributed by atoms with Crippen LogP contribution in [0.25, 0.3) is 0 Å². The molecule has 0 aromatic heterocycles. The fourth-order valence-corrected chi connectivity index (χ4v) is 1.40. The molecule has 12 heavy (non-hydrogen) atoms. The van der Waals surface area contributed by atoms with E-state index in [0.29, 0.717) is 4.47 Å². The highest BCUT2D eigenvalue weighted by atomic mass is 79.9. The summed E-state index contributed by atoms with van der Waals surface area (Å²) in [7, 11) is 1.52. The maximum Gasteiger partial charge on any atom is 0.255 e. The number of halogens is 1. The van der Waals surface area contributed by atoms with Crippen LogP contribution < -0.4 is 5.32 Å². The predicted octanol–water partition coefficient (Wildman–Crippen LogP) is 1.51. The standard InChI is InChI=1S/C8H8BrNO2/c1-10-8(12)7-5(9)3-2-4-6(7)11/h2-4,11H,1H3,(H,10,12). The van der Waals surface area contributed by atoms with Crippen LogP contribution in [0.3, 0.4) is 0 Å². The van der Waals surface area contributed by atoms with E-state index in [-0.39, 0.29) is 17.2 Å². The molecule has 1 aromatic rings. The molecule has 0 unspecified atom stereocenters. The second-order valence-electron chi connectivity index (χ2n) is 2.21. The lowest BCUT2D eigenvalue weighted by Gasteiger charge is -2.04. The number of rotatable bonds is 1. The molecular formula is C8H8BrNO2. The first kappa shape index (κ1) is 9.06. The molecule has 0 aliphatic rings. The van der Waals surface area contributed by atoms with Crippen molar-refractivity contribution in [2.24, 2.45) is 0 Å². The van der Waals surface area contributed by atoms with Gasteiger partial charge in [-0.25, -0.2) is 0 Å². The summed E-state index contributed by atoms with van der Waals surface area (Å²) in [6, 6.07) is 4.82. The topological polar surface area (TPSA) is 49.3 Å². The highest BCUT2D eigenvalue weighted by molar-refractivity contribution is 9.10. The Bertz CT molecular complexity index is 292. The van der Waals surface area contributed by atoms with Crippen LogP contribution in [0, 0.1) is 0 Å². The molecule has 0 fully saturated rings. The second kappa shape index (κ2) is 3.58. The molecule has 0 saturated heterocycles. The SMILES string of the molecule is CNC(=O)c1c(O)cccc1Br. The minimum Gasteiger partial charge on any atom is -0.507 e. The van der Waals surface area contributed by atoms with Crippen LogP contribution >= 0.6 is 15.9 Å². The number of aromatic hydroxyl groups is 1. The lowest BCUT2D eigenvalue weighted by Crippen LogP contribution is -2.18. The first-order valence-electron chi connectivity index (χ1n) is 3.36. The van der Waals surface area contributed by atoms with Crippen molar-refractivity contribution >= 4 is 21.8 Å². The summed E-state index contributed by atoms with van der Waals surface area (Å²) in [4.78, 5) is 11.2. The minimum atomic E-state index is -0.306. The van der Waals surface area contributed by atoms with Gasteiger partial charge in [0.05, 0.1) is 5.56 Å². The highest BCUT2D eigenvalue weighted by Gasteiger charge is 2.12. The Balaban J connectivity index is 3.21. The van der Waals surface area contributed by atoms with E-state index >= 15 is 0 Å². The van der Waals surface area contributed by atoms with Crippen molar-refractivity contribution in [3.05, 3.63) is 28.2 Å². The van der Waals surface area contributed by atoms with E-state index in [1.165, 1.54) is 13.1 Å². The van der Waals surface area contributed by atoms with Gasteiger partial charge in [-0.05, 0) is 28.1 Å². The highest BCUT2D eigenvalue weighted by Crippen LogP contribution is 2.24. The van der Waals surface area contributed by atoms with E-state index in [1.807, 2.05) is 0 Å². The van der Waals surface area contributed by atoms with E-state index in [2.05, 4.69) is 21.2 Å². The summed E-state index contributed by atoms with van der Waals surface area (Å²) in [6.07, 6.45) is 0. The van der Waals surface area contributed by atoms with Gasteiger partial charge in [0.1, 0.15) is 5.75 Å². The summed E-state index contributed by atoms with van der Waals surface area (Å²) in [6.45, 7) is 0. The van der Waals surface area contributed by atoms with Gasteiger partial charge in [-0.15, -0.1) is 0 Å². The minimum absolute atomic E-state index is 0.0243. The average molecular weight is 230 g/mol. The van der Waals surface area contributed by atoms with Crippen LogP contribution in [-0.4, -0.2) is 18.1 Å². The average Bonchev–Trinajstić information content (AvgIpc) is 2.03. The van der Waals surface area contributed by atoms with Crippen molar-refractivity contribution in [1.82, 2.24) is 5.32 Å². The molecule has 64 valence electrons. The van der Waals surface area contributed by atoms with Gasteiger partial charge in [0.15, 0.2) is 0 Å². The van der Waals surface area contributed by atoms with E-state index < -0.39 is 0 Å². The molecule has 0 aliphatic heterocycles. The Morgan fingerprint density at radius 2 is 2.25 bits per heavy atom. The van der Waals surface area contributed by atoms with Gasteiger partial charge in [-0.1, -0.05) is 6.07 Å². The number of phenolic OH excluding ortho intramolecular Hbond substituents is 1. The molecule has 0 atom stereocenters. The Morgan fingerprint density at radius 3 is 2.75 bits per heavy atom. The molecule has 0 bridgehead atoms. The van der Waals surface area contributed by atoms with Gasteiger partial charge in [0.2, 0.25) is 0 Å². The van der Waals surface area contributed by atoms with Crippen molar-refractivity contribution in [3.63, 3.8) is 0 Å². The van der Waals surface area contributed by atoms with Crippen molar-refractivity contribution in [2.45, 2.75) is 0 Å². The zero-order chi connectivity index (χ0) is 9.14. The van der Waals surface area contributed by atoms with Gasteiger partial charge < -0.3 is 10.4 Å². The van der Waals surface area contributed by atoms with Gasteiger partial charge in [-0.3, -0.25) is 4.79 Å². The van der Waals surface area contributed by atoms with E-state index in [9.17, 15) is 9.90 Å². The third kappa shape index (κ3) is 1.58. The molecule has 4 heteroatoms. The molecule has 0 spiro atoms. The van der Waals surface area contributed by atoms with Gasteiger partial charge in [0.25, 0.3) is 5.91 Å². The molecule has 3 nitrogen and oxygen atoms in total. The number of nitrogens with one attached hydrogen (secondary N) is 1. The zero-order valence-corrected chi connectivity index (χ0v) is 8.05. The molecule has 0 saturated carbocycles. The van der Waals surface area contributed by atoms with Gasteiger partial charge >= 0.3 is 0 Å². The molecule has 1 rings (SSSR count). The first-order valence-corrected chi connectivity index (χ1v) is 4.15. The number of carbonyl (C=O) groups is 1. The largest absolute Gasteiger partial charge is 0.507 e. The third-order valence-corrected chi connectivity index (χ3v) is 2.11. The summed E-state index contributed by atoms with van der Waals surface area (Å²) in [5.41, 5.74) is 0.264.